The van der Waals surface area contributed by atoms with Crippen molar-refractivity contribution >= 4 is 5.78 Å². The molecule has 0 bridgehead atoms. The molecule has 0 N–H and O–H groups in total. The van der Waals surface area contributed by atoms with Gasteiger partial charge in [-0.15, -0.1) is 0 Å². The molecule has 92 valence electrons. The van der Waals surface area contributed by atoms with Crippen molar-refractivity contribution in [3.63, 3.8) is 0 Å². The van der Waals surface area contributed by atoms with Gasteiger partial charge in [-0.3, -0.25) is 4.79 Å². The second-order valence-corrected chi connectivity index (χ2v) is 4.24. The number of aryl methyl sites for hydroxylation is 2. The van der Waals surface area contributed by atoms with E-state index < -0.39 is 23.0 Å². The van der Waals surface area contributed by atoms with Gasteiger partial charge in [0.25, 0.3) is 0 Å². The Labute approximate surface area is 104 Å². The fourth-order valence-electron chi connectivity index (χ4n) is 1.92. The van der Waals surface area contributed by atoms with Gasteiger partial charge in [-0.05, 0) is 31.5 Å². The van der Waals surface area contributed by atoms with Gasteiger partial charge in [0.15, 0.2) is 5.78 Å². The molecule has 3 heteroatoms. The highest BCUT2D eigenvalue weighted by molar-refractivity contribution is 6.10. The lowest BCUT2D eigenvalue weighted by Crippen LogP contribution is -2.09. The Hall–Kier alpha value is -2.03. The summed E-state index contributed by atoms with van der Waals surface area (Å²) >= 11 is 0. The minimum atomic E-state index is -0.833. The Kier molecular flexibility index (Phi) is 3.24. The minimum absolute atomic E-state index is 0.324. The van der Waals surface area contributed by atoms with E-state index in [0.717, 1.165) is 17.7 Å². The normalized spacial score (nSPS) is 10.4. The number of ketones is 1. The molecule has 1 nitrogen and oxygen atoms in total. The zero-order valence-corrected chi connectivity index (χ0v) is 10.1. The van der Waals surface area contributed by atoms with Crippen LogP contribution in [-0.4, -0.2) is 5.78 Å². The van der Waals surface area contributed by atoms with Crippen molar-refractivity contribution in [1.29, 1.82) is 0 Å². The first-order valence-corrected chi connectivity index (χ1v) is 5.56. The molecule has 0 saturated heterocycles. The van der Waals surface area contributed by atoms with Crippen LogP contribution < -0.4 is 0 Å². The summed E-state index contributed by atoms with van der Waals surface area (Å²) < 4.78 is 27.1. The second kappa shape index (κ2) is 4.69. The van der Waals surface area contributed by atoms with Gasteiger partial charge >= 0.3 is 0 Å². The van der Waals surface area contributed by atoms with E-state index in [0.29, 0.717) is 11.1 Å². The largest absolute Gasteiger partial charge is 0.288 e. The van der Waals surface area contributed by atoms with E-state index in [4.69, 9.17) is 0 Å². The number of halogens is 2. The van der Waals surface area contributed by atoms with Crippen LogP contribution in [0.25, 0.3) is 0 Å². The molecule has 0 amide bonds. The molecule has 0 saturated carbocycles. The lowest BCUT2D eigenvalue weighted by atomic mass is 9.97. The van der Waals surface area contributed by atoms with Gasteiger partial charge in [-0.2, -0.15) is 0 Å². The Morgan fingerprint density at radius 3 is 2.17 bits per heavy atom. The number of rotatable bonds is 2. The molecule has 0 fully saturated rings. The summed E-state index contributed by atoms with van der Waals surface area (Å²) in [6.07, 6.45) is 0. The van der Waals surface area contributed by atoms with Gasteiger partial charge in [-0.1, -0.05) is 29.8 Å². The summed E-state index contributed by atoms with van der Waals surface area (Å²) in [5.41, 5.74) is 1.54. The predicted molar refractivity (Wildman–Crippen MR) is 65.7 cm³/mol. The van der Waals surface area contributed by atoms with Crippen LogP contribution in [0.2, 0.25) is 0 Å². The first-order valence-electron chi connectivity index (χ1n) is 5.56. The molecule has 2 aromatic carbocycles. The maximum absolute atomic E-state index is 13.5. The van der Waals surface area contributed by atoms with Gasteiger partial charge in [0.2, 0.25) is 0 Å². The van der Waals surface area contributed by atoms with Crippen molar-refractivity contribution < 1.29 is 13.6 Å². The highest BCUT2D eigenvalue weighted by atomic mass is 19.1. The van der Waals surface area contributed by atoms with Crippen molar-refractivity contribution in [3.8, 4) is 0 Å². The number of carbonyl (C=O) groups is 1. The lowest BCUT2D eigenvalue weighted by molar-refractivity contribution is 0.103. The summed E-state index contributed by atoms with van der Waals surface area (Å²) in [5, 5.41) is 0. The third kappa shape index (κ3) is 2.16. The third-order valence-electron chi connectivity index (χ3n) is 2.82. The monoisotopic (exact) mass is 246 g/mol. The first-order chi connectivity index (χ1) is 8.50. The summed E-state index contributed by atoms with van der Waals surface area (Å²) in [6, 6.07) is 8.56. The van der Waals surface area contributed by atoms with E-state index in [2.05, 4.69) is 0 Å². The standard InChI is InChI=1S/C15H12F2O/c1-9-6-7-11(10(2)8-9)15(18)14-12(16)4-3-5-13(14)17/h3-8H,1-2H3. The Morgan fingerprint density at radius 1 is 1.00 bits per heavy atom. The molecule has 0 spiro atoms. The molecule has 2 aromatic rings. The fraction of sp³-hybridized carbons (Fsp3) is 0.133. The van der Waals surface area contributed by atoms with Crippen LogP contribution in [0.1, 0.15) is 27.0 Å². The predicted octanol–water partition coefficient (Wildman–Crippen LogP) is 3.81. The van der Waals surface area contributed by atoms with Crippen LogP contribution in [0.5, 0.6) is 0 Å². The molecule has 2 rings (SSSR count). The summed E-state index contributed by atoms with van der Waals surface area (Å²) in [4.78, 5) is 12.1. The van der Waals surface area contributed by atoms with Gasteiger partial charge in [0.05, 0.1) is 5.56 Å². The smallest absolute Gasteiger partial charge is 0.199 e. The van der Waals surface area contributed by atoms with Crippen molar-refractivity contribution in [1.82, 2.24) is 0 Å². The molecule has 0 aliphatic carbocycles. The highest BCUT2D eigenvalue weighted by Gasteiger charge is 2.19. The number of hydrogen-bond acceptors (Lipinski definition) is 1. The summed E-state index contributed by atoms with van der Waals surface area (Å²) in [5.74, 6) is -2.29. The van der Waals surface area contributed by atoms with Gasteiger partial charge < -0.3 is 0 Å². The van der Waals surface area contributed by atoms with Crippen molar-refractivity contribution in [2.24, 2.45) is 0 Å². The zero-order valence-electron chi connectivity index (χ0n) is 10.1. The lowest BCUT2D eigenvalue weighted by Gasteiger charge is -2.07. The van der Waals surface area contributed by atoms with Gasteiger partial charge in [0, 0.05) is 5.56 Å². The molecule has 18 heavy (non-hydrogen) atoms. The molecule has 0 atom stereocenters. The van der Waals surface area contributed by atoms with E-state index in [-0.39, 0.29) is 0 Å². The number of carbonyl (C=O) groups excluding carboxylic acids is 1. The van der Waals surface area contributed by atoms with E-state index in [1.54, 1.807) is 19.1 Å². The van der Waals surface area contributed by atoms with E-state index >= 15 is 0 Å². The summed E-state index contributed by atoms with van der Waals surface area (Å²) in [6.45, 7) is 3.64. The van der Waals surface area contributed by atoms with Crippen LogP contribution in [-0.2, 0) is 0 Å². The molecule has 0 unspecified atom stereocenters. The minimum Gasteiger partial charge on any atom is -0.288 e. The maximum atomic E-state index is 13.5. The Bertz CT molecular complexity index is 598. The van der Waals surface area contributed by atoms with Crippen molar-refractivity contribution in [2.75, 3.05) is 0 Å². The van der Waals surface area contributed by atoms with Crippen molar-refractivity contribution in [2.45, 2.75) is 13.8 Å². The molecular weight excluding hydrogens is 234 g/mol. The number of hydrogen-bond donors (Lipinski definition) is 0. The molecule has 0 aromatic heterocycles. The molecule has 0 aliphatic heterocycles. The molecule has 0 heterocycles. The highest BCUT2D eigenvalue weighted by Crippen LogP contribution is 2.20. The van der Waals surface area contributed by atoms with E-state index in [1.165, 1.54) is 6.07 Å². The van der Waals surface area contributed by atoms with E-state index in [9.17, 15) is 13.6 Å². The van der Waals surface area contributed by atoms with Crippen LogP contribution >= 0.6 is 0 Å². The maximum Gasteiger partial charge on any atom is 0.199 e. The Balaban J connectivity index is 2.55. The van der Waals surface area contributed by atoms with Crippen LogP contribution in [0, 0.1) is 25.5 Å². The molecular formula is C15H12F2O. The fourth-order valence-corrected chi connectivity index (χ4v) is 1.92. The molecule has 0 radical (unpaired) electrons. The SMILES string of the molecule is Cc1ccc(C(=O)c2c(F)cccc2F)c(C)c1. The quantitative estimate of drug-likeness (QED) is 0.736. The van der Waals surface area contributed by atoms with Crippen LogP contribution in [0.4, 0.5) is 8.78 Å². The molecule has 0 aliphatic rings. The average Bonchev–Trinajstić information content (AvgIpc) is 2.28. The third-order valence-corrected chi connectivity index (χ3v) is 2.82. The second-order valence-electron chi connectivity index (χ2n) is 4.24. The van der Waals surface area contributed by atoms with Gasteiger partial charge in [0.1, 0.15) is 11.6 Å². The average molecular weight is 246 g/mol. The first kappa shape index (κ1) is 12.4. The van der Waals surface area contributed by atoms with Crippen LogP contribution in [0.15, 0.2) is 36.4 Å². The van der Waals surface area contributed by atoms with Crippen LogP contribution in [0.3, 0.4) is 0 Å². The topological polar surface area (TPSA) is 17.1 Å². The van der Waals surface area contributed by atoms with Crippen molar-refractivity contribution in [3.05, 3.63) is 70.3 Å². The summed E-state index contributed by atoms with van der Waals surface area (Å²) in [7, 11) is 0. The number of benzene rings is 2. The van der Waals surface area contributed by atoms with Gasteiger partial charge in [-0.25, -0.2) is 8.78 Å². The van der Waals surface area contributed by atoms with E-state index in [1.807, 2.05) is 13.0 Å². The zero-order chi connectivity index (χ0) is 13.3. The Morgan fingerprint density at radius 2 is 1.61 bits per heavy atom.